The third-order valence-electron chi connectivity index (χ3n) is 4.17. The largest absolute Gasteiger partial charge is 0.378 e. The molecule has 1 amide bonds. The summed E-state index contributed by atoms with van der Waals surface area (Å²) in [5, 5.41) is 2.98. The van der Waals surface area contributed by atoms with Gasteiger partial charge in [-0.05, 0) is 30.7 Å². The normalized spacial score (nSPS) is 10.6. The van der Waals surface area contributed by atoms with Crippen molar-refractivity contribution in [2.45, 2.75) is 71.1 Å². The van der Waals surface area contributed by atoms with Crippen molar-refractivity contribution in [1.82, 2.24) is 0 Å². The first kappa shape index (κ1) is 19.5. The topological polar surface area (TPSA) is 32.3 Å². The van der Waals surface area contributed by atoms with Gasteiger partial charge in [-0.25, -0.2) is 0 Å². The van der Waals surface area contributed by atoms with E-state index in [9.17, 15) is 4.79 Å². The minimum Gasteiger partial charge on any atom is -0.378 e. The van der Waals surface area contributed by atoms with Gasteiger partial charge in [-0.2, -0.15) is 0 Å². The van der Waals surface area contributed by atoms with Gasteiger partial charge >= 0.3 is 0 Å². The zero-order chi connectivity index (χ0) is 16.9. The zero-order valence-corrected chi connectivity index (χ0v) is 15.2. The fraction of sp³-hybridized carbons (Fsp3) is 0.650. The van der Waals surface area contributed by atoms with Gasteiger partial charge in [0.25, 0.3) is 0 Å². The lowest BCUT2D eigenvalue weighted by atomic mass is 10.1. The van der Waals surface area contributed by atoms with Crippen LogP contribution in [0.25, 0.3) is 0 Å². The molecule has 0 unspecified atom stereocenters. The molecule has 0 spiro atoms. The molecule has 1 aromatic carbocycles. The highest BCUT2D eigenvalue weighted by molar-refractivity contribution is 5.90. The average molecular weight is 319 g/mol. The number of rotatable bonds is 12. The van der Waals surface area contributed by atoms with Crippen molar-refractivity contribution in [3.05, 3.63) is 24.3 Å². The fourth-order valence-electron chi connectivity index (χ4n) is 2.66. The lowest BCUT2D eigenvalue weighted by molar-refractivity contribution is -0.116. The second-order valence-electron chi connectivity index (χ2n) is 6.57. The lowest BCUT2D eigenvalue weighted by Gasteiger charge is -2.13. The van der Waals surface area contributed by atoms with E-state index in [-0.39, 0.29) is 5.91 Å². The van der Waals surface area contributed by atoms with Crippen LogP contribution in [0.15, 0.2) is 24.3 Å². The molecule has 3 heteroatoms. The Bertz CT molecular complexity index is 426. The maximum atomic E-state index is 11.9. The van der Waals surface area contributed by atoms with Crippen molar-refractivity contribution in [2.75, 3.05) is 24.3 Å². The maximum absolute atomic E-state index is 11.9. The van der Waals surface area contributed by atoms with Gasteiger partial charge in [0.15, 0.2) is 0 Å². The fourth-order valence-corrected chi connectivity index (χ4v) is 2.66. The molecule has 130 valence electrons. The van der Waals surface area contributed by atoms with Crippen LogP contribution in [-0.4, -0.2) is 20.0 Å². The SMILES string of the molecule is CCCCCCCCCCCC(=O)Nc1ccc(N(C)C)cc1. The second-order valence-corrected chi connectivity index (χ2v) is 6.57. The molecule has 0 heterocycles. The van der Waals surface area contributed by atoms with Gasteiger partial charge in [0.05, 0.1) is 0 Å². The summed E-state index contributed by atoms with van der Waals surface area (Å²) >= 11 is 0. The Hall–Kier alpha value is -1.51. The quantitative estimate of drug-likeness (QED) is 0.508. The number of unbranched alkanes of at least 4 members (excludes halogenated alkanes) is 8. The number of carbonyl (C=O) groups excluding carboxylic acids is 1. The van der Waals surface area contributed by atoms with Gasteiger partial charge in [0, 0.05) is 31.9 Å². The van der Waals surface area contributed by atoms with E-state index in [4.69, 9.17) is 0 Å². The van der Waals surface area contributed by atoms with E-state index in [1.807, 2.05) is 43.3 Å². The molecular formula is C20H34N2O. The lowest BCUT2D eigenvalue weighted by Crippen LogP contribution is -2.12. The Morgan fingerprint density at radius 2 is 1.39 bits per heavy atom. The molecule has 1 aromatic rings. The van der Waals surface area contributed by atoms with Gasteiger partial charge in [-0.15, -0.1) is 0 Å². The summed E-state index contributed by atoms with van der Waals surface area (Å²) in [7, 11) is 4.02. The van der Waals surface area contributed by atoms with E-state index in [2.05, 4.69) is 12.2 Å². The van der Waals surface area contributed by atoms with Gasteiger partial charge in [0.1, 0.15) is 0 Å². The van der Waals surface area contributed by atoms with Crippen LogP contribution in [0.1, 0.15) is 71.1 Å². The Morgan fingerprint density at radius 3 is 1.91 bits per heavy atom. The van der Waals surface area contributed by atoms with Crippen molar-refractivity contribution in [1.29, 1.82) is 0 Å². The maximum Gasteiger partial charge on any atom is 0.224 e. The Kier molecular flexibility index (Phi) is 10.2. The minimum atomic E-state index is 0.130. The predicted octanol–water partition coefficient (Wildman–Crippen LogP) is 5.61. The molecule has 1 rings (SSSR count). The number of carbonyl (C=O) groups is 1. The summed E-state index contributed by atoms with van der Waals surface area (Å²) in [6.45, 7) is 2.25. The van der Waals surface area contributed by atoms with Crippen LogP contribution in [0.2, 0.25) is 0 Å². The number of anilines is 2. The molecule has 0 aliphatic carbocycles. The van der Waals surface area contributed by atoms with Gasteiger partial charge in [-0.3, -0.25) is 4.79 Å². The minimum absolute atomic E-state index is 0.130. The van der Waals surface area contributed by atoms with Gasteiger partial charge in [-0.1, -0.05) is 58.3 Å². The molecule has 1 N–H and O–H groups in total. The van der Waals surface area contributed by atoms with Crippen LogP contribution >= 0.6 is 0 Å². The smallest absolute Gasteiger partial charge is 0.224 e. The third-order valence-corrected chi connectivity index (χ3v) is 4.17. The molecule has 0 fully saturated rings. The number of nitrogens with zero attached hydrogens (tertiary/aromatic N) is 1. The number of hydrogen-bond donors (Lipinski definition) is 1. The van der Waals surface area contributed by atoms with E-state index in [0.717, 1.165) is 17.8 Å². The highest BCUT2D eigenvalue weighted by Crippen LogP contribution is 2.16. The summed E-state index contributed by atoms with van der Waals surface area (Å²) in [4.78, 5) is 14.0. The standard InChI is InChI=1S/C20H34N2O/c1-4-5-6-7-8-9-10-11-12-13-20(23)21-18-14-16-19(17-15-18)22(2)3/h14-17H,4-13H2,1-3H3,(H,21,23). The summed E-state index contributed by atoms with van der Waals surface area (Å²) in [5.74, 6) is 0.130. The number of amides is 1. The summed E-state index contributed by atoms with van der Waals surface area (Å²) < 4.78 is 0. The highest BCUT2D eigenvalue weighted by atomic mass is 16.1. The second kappa shape index (κ2) is 12.0. The van der Waals surface area contributed by atoms with Crippen molar-refractivity contribution in [3.63, 3.8) is 0 Å². The Labute approximate surface area is 142 Å². The number of hydrogen-bond acceptors (Lipinski definition) is 2. The molecule has 0 bridgehead atoms. The molecule has 0 aliphatic rings. The molecule has 0 atom stereocenters. The first-order chi connectivity index (χ1) is 11.1. The van der Waals surface area contributed by atoms with Crippen LogP contribution in [0.4, 0.5) is 11.4 Å². The molecule has 3 nitrogen and oxygen atoms in total. The number of nitrogens with one attached hydrogen (secondary N) is 1. The van der Waals surface area contributed by atoms with Crippen LogP contribution < -0.4 is 10.2 Å². The van der Waals surface area contributed by atoms with Crippen LogP contribution in [-0.2, 0) is 4.79 Å². The molecule has 0 saturated carbocycles. The van der Waals surface area contributed by atoms with Gasteiger partial charge in [0.2, 0.25) is 5.91 Å². The van der Waals surface area contributed by atoms with Crippen LogP contribution in [0, 0.1) is 0 Å². The Balaban J connectivity index is 2.06. The monoisotopic (exact) mass is 318 g/mol. The highest BCUT2D eigenvalue weighted by Gasteiger charge is 2.03. The zero-order valence-electron chi connectivity index (χ0n) is 15.2. The first-order valence-electron chi connectivity index (χ1n) is 9.20. The summed E-state index contributed by atoms with van der Waals surface area (Å²) in [6.07, 6.45) is 12.2. The third kappa shape index (κ3) is 9.27. The molecule has 0 saturated heterocycles. The molecule has 0 aromatic heterocycles. The average Bonchev–Trinajstić information content (AvgIpc) is 2.54. The van der Waals surface area contributed by atoms with E-state index < -0.39 is 0 Å². The molecular weight excluding hydrogens is 284 g/mol. The number of benzene rings is 1. The van der Waals surface area contributed by atoms with E-state index in [0.29, 0.717) is 6.42 Å². The first-order valence-corrected chi connectivity index (χ1v) is 9.20. The van der Waals surface area contributed by atoms with Crippen molar-refractivity contribution in [2.24, 2.45) is 0 Å². The molecule has 23 heavy (non-hydrogen) atoms. The summed E-state index contributed by atoms with van der Waals surface area (Å²) in [6, 6.07) is 7.97. The van der Waals surface area contributed by atoms with Crippen LogP contribution in [0.3, 0.4) is 0 Å². The van der Waals surface area contributed by atoms with E-state index in [1.165, 1.54) is 51.4 Å². The predicted molar refractivity (Wildman–Crippen MR) is 101 cm³/mol. The summed E-state index contributed by atoms with van der Waals surface area (Å²) in [5.41, 5.74) is 2.03. The Morgan fingerprint density at radius 1 is 0.870 bits per heavy atom. The van der Waals surface area contributed by atoms with Crippen molar-refractivity contribution in [3.8, 4) is 0 Å². The van der Waals surface area contributed by atoms with E-state index >= 15 is 0 Å². The molecule has 0 aliphatic heterocycles. The van der Waals surface area contributed by atoms with Crippen LogP contribution in [0.5, 0.6) is 0 Å². The van der Waals surface area contributed by atoms with E-state index in [1.54, 1.807) is 0 Å². The molecule has 0 radical (unpaired) electrons. The van der Waals surface area contributed by atoms with Gasteiger partial charge < -0.3 is 10.2 Å². The van der Waals surface area contributed by atoms with Crippen molar-refractivity contribution >= 4 is 17.3 Å². The van der Waals surface area contributed by atoms with Crippen molar-refractivity contribution < 1.29 is 4.79 Å².